The van der Waals surface area contributed by atoms with Crippen LogP contribution in [-0.2, 0) is 24.3 Å². The number of amides is 1. The molecule has 0 aliphatic rings. The number of hydrogen-bond donors (Lipinski definition) is 1. The summed E-state index contributed by atoms with van der Waals surface area (Å²) >= 11 is 0. The van der Waals surface area contributed by atoms with Crippen LogP contribution in [0.25, 0.3) is 11.4 Å². The summed E-state index contributed by atoms with van der Waals surface area (Å²) < 4.78 is 20.0. The molecule has 4 aromatic rings. The lowest BCUT2D eigenvalue weighted by atomic mass is 10.1. The van der Waals surface area contributed by atoms with Gasteiger partial charge >= 0.3 is 0 Å². The van der Waals surface area contributed by atoms with Gasteiger partial charge in [0.2, 0.25) is 17.6 Å². The van der Waals surface area contributed by atoms with Gasteiger partial charge in [0.15, 0.2) is 0 Å². The summed E-state index contributed by atoms with van der Waals surface area (Å²) in [5.74, 6) is 0.310. The first-order valence-corrected chi connectivity index (χ1v) is 9.56. The second-order valence-electron chi connectivity index (χ2n) is 6.82. The molecular weight excluding hydrogens is 385 g/mol. The number of aryl methyl sites for hydroxylation is 1. The standard InChI is InChI=1S/C22H20FN5O2/c23-19-7-5-18(6-8-19)22-26-21(30-27-22)10-9-20(29)24-14-16-3-1-4-17(13-16)15-28-12-2-11-25-28/h1-8,11-13H,9-10,14-15H2,(H,24,29). The second-order valence-corrected chi connectivity index (χ2v) is 6.82. The molecule has 0 saturated carbocycles. The zero-order chi connectivity index (χ0) is 20.8. The largest absolute Gasteiger partial charge is 0.352 e. The van der Waals surface area contributed by atoms with Crippen LogP contribution in [0, 0.1) is 5.82 Å². The monoisotopic (exact) mass is 405 g/mol. The zero-order valence-corrected chi connectivity index (χ0v) is 16.2. The van der Waals surface area contributed by atoms with E-state index in [4.69, 9.17) is 4.52 Å². The summed E-state index contributed by atoms with van der Waals surface area (Å²) in [6, 6.07) is 15.7. The molecule has 1 N–H and O–H groups in total. The molecular formula is C22H20FN5O2. The van der Waals surface area contributed by atoms with Crippen LogP contribution in [-0.4, -0.2) is 25.8 Å². The Morgan fingerprint density at radius 3 is 2.73 bits per heavy atom. The van der Waals surface area contributed by atoms with E-state index in [1.807, 2.05) is 35.1 Å². The van der Waals surface area contributed by atoms with Gasteiger partial charge in [0, 0.05) is 37.3 Å². The fraction of sp³-hybridized carbons (Fsp3) is 0.182. The minimum absolute atomic E-state index is 0.103. The molecule has 30 heavy (non-hydrogen) atoms. The SMILES string of the molecule is O=C(CCc1nc(-c2ccc(F)cc2)no1)NCc1cccc(Cn2cccn2)c1. The Bertz CT molecular complexity index is 1110. The first-order chi connectivity index (χ1) is 14.7. The van der Waals surface area contributed by atoms with Crippen LogP contribution in [0.1, 0.15) is 23.4 Å². The molecule has 152 valence electrons. The maximum atomic E-state index is 13.0. The van der Waals surface area contributed by atoms with Crippen molar-refractivity contribution in [2.24, 2.45) is 0 Å². The van der Waals surface area contributed by atoms with Gasteiger partial charge in [-0.05, 0) is 41.5 Å². The lowest BCUT2D eigenvalue weighted by Crippen LogP contribution is -2.23. The molecule has 2 aromatic heterocycles. The Balaban J connectivity index is 1.26. The Morgan fingerprint density at radius 2 is 1.93 bits per heavy atom. The molecule has 1 amide bonds. The van der Waals surface area contributed by atoms with E-state index in [0.29, 0.717) is 36.8 Å². The molecule has 2 aromatic carbocycles. The van der Waals surface area contributed by atoms with Crippen molar-refractivity contribution in [2.45, 2.75) is 25.9 Å². The summed E-state index contributed by atoms with van der Waals surface area (Å²) in [7, 11) is 0. The Morgan fingerprint density at radius 1 is 1.10 bits per heavy atom. The smallest absolute Gasteiger partial charge is 0.227 e. The van der Waals surface area contributed by atoms with Gasteiger partial charge in [0.05, 0.1) is 6.54 Å². The van der Waals surface area contributed by atoms with Gasteiger partial charge in [-0.2, -0.15) is 10.1 Å². The van der Waals surface area contributed by atoms with Gasteiger partial charge in [0.1, 0.15) is 5.82 Å². The van der Waals surface area contributed by atoms with Crippen LogP contribution in [0.15, 0.2) is 71.5 Å². The number of nitrogens with zero attached hydrogens (tertiary/aromatic N) is 4. The molecule has 0 fully saturated rings. The third kappa shape index (κ3) is 5.16. The molecule has 0 aliphatic heterocycles. The minimum Gasteiger partial charge on any atom is -0.352 e. The average molecular weight is 405 g/mol. The van der Waals surface area contributed by atoms with Crippen molar-refractivity contribution in [1.29, 1.82) is 0 Å². The van der Waals surface area contributed by atoms with Crippen molar-refractivity contribution in [3.8, 4) is 11.4 Å². The molecule has 0 saturated heterocycles. The molecule has 7 nitrogen and oxygen atoms in total. The molecule has 0 unspecified atom stereocenters. The van der Waals surface area contributed by atoms with Gasteiger partial charge in [-0.1, -0.05) is 29.4 Å². The third-order valence-corrected chi connectivity index (χ3v) is 4.52. The van der Waals surface area contributed by atoms with Gasteiger partial charge in [0.25, 0.3) is 0 Å². The number of hydrogen-bond acceptors (Lipinski definition) is 5. The summed E-state index contributed by atoms with van der Waals surface area (Å²) in [5.41, 5.74) is 2.79. The van der Waals surface area contributed by atoms with Gasteiger partial charge < -0.3 is 9.84 Å². The first kappa shape index (κ1) is 19.5. The highest BCUT2D eigenvalue weighted by Crippen LogP contribution is 2.16. The Labute approximate surface area is 172 Å². The highest BCUT2D eigenvalue weighted by Gasteiger charge is 2.11. The van der Waals surface area contributed by atoms with Gasteiger partial charge in [-0.25, -0.2) is 4.39 Å². The summed E-state index contributed by atoms with van der Waals surface area (Å²) in [6.07, 6.45) is 4.22. The molecule has 4 rings (SSSR count). The van der Waals surface area contributed by atoms with Crippen LogP contribution in [0.4, 0.5) is 4.39 Å². The van der Waals surface area contributed by atoms with Crippen LogP contribution < -0.4 is 5.32 Å². The lowest BCUT2D eigenvalue weighted by molar-refractivity contribution is -0.121. The van der Waals surface area contributed by atoms with Crippen LogP contribution in [0.3, 0.4) is 0 Å². The van der Waals surface area contributed by atoms with E-state index in [2.05, 4.69) is 26.6 Å². The number of aromatic nitrogens is 4. The topological polar surface area (TPSA) is 85.8 Å². The zero-order valence-electron chi connectivity index (χ0n) is 16.2. The van der Waals surface area contributed by atoms with Crippen LogP contribution in [0.5, 0.6) is 0 Å². The lowest BCUT2D eigenvalue weighted by Gasteiger charge is -2.07. The van der Waals surface area contributed by atoms with E-state index in [-0.39, 0.29) is 18.1 Å². The molecule has 0 aliphatic carbocycles. The van der Waals surface area contributed by atoms with Gasteiger partial charge in [-0.15, -0.1) is 0 Å². The molecule has 0 spiro atoms. The van der Waals surface area contributed by atoms with Crippen molar-refractivity contribution in [3.63, 3.8) is 0 Å². The fourth-order valence-corrected chi connectivity index (χ4v) is 3.00. The number of carbonyl (C=O) groups excluding carboxylic acids is 1. The maximum absolute atomic E-state index is 13.0. The van der Waals surface area contributed by atoms with Crippen LogP contribution in [0.2, 0.25) is 0 Å². The Kier molecular flexibility index (Phi) is 5.93. The van der Waals surface area contributed by atoms with Crippen molar-refractivity contribution in [1.82, 2.24) is 25.2 Å². The molecule has 0 radical (unpaired) electrons. The summed E-state index contributed by atoms with van der Waals surface area (Å²) in [6.45, 7) is 1.12. The number of nitrogens with one attached hydrogen (secondary N) is 1. The fourth-order valence-electron chi connectivity index (χ4n) is 3.00. The van der Waals surface area contributed by atoms with Crippen molar-refractivity contribution < 1.29 is 13.7 Å². The van der Waals surface area contributed by atoms with E-state index in [1.165, 1.54) is 12.1 Å². The normalized spacial score (nSPS) is 10.8. The molecule has 0 bridgehead atoms. The highest BCUT2D eigenvalue weighted by atomic mass is 19.1. The summed E-state index contributed by atoms with van der Waals surface area (Å²) in [5, 5.41) is 11.0. The van der Waals surface area contributed by atoms with Crippen molar-refractivity contribution in [2.75, 3.05) is 0 Å². The number of halogens is 1. The minimum atomic E-state index is -0.328. The van der Waals surface area contributed by atoms with Crippen molar-refractivity contribution in [3.05, 3.63) is 89.8 Å². The average Bonchev–Trinajstić information content (AvgIpc) is 3.44. The number of benzene rings is 2. The first-order valence-electron chi connectivity index (χ1n) is 9.56. The quantitative estimate of drug-likeness (QED) is 0.486. The Hall–Kier alpha value is -3.81. The van der Waals surface area contributed by atoms with E-state index in [1.54, 1.807) is 18.3 Å². The molecule has 2 heterocycles. The van der Waals surface area contributed by atoms with Crippen molar-refractivity contribution >= 4 is 5.91 Å². The third-order valence-electron chi connectivity index (χ3n) is 4.52. The number of carbonyl (C=O) groups is 1. The maximum Gasteiger partial charge on any atom is 0.227 e. The second kappa shape index (κ2) is 9.13. The van der Waals surface area contributed by atoms with Gasteiger partial charge in [-0.3, -0.25) is 9.48 Å². The highest BCUT2D eigenvalue weighted by molar-refractivity contribution is 5.76. The molecule has 0 atom stereocenters. The predicted molar refractivity (Wildman–Crippen MR) is 108 cm³/mol. The van der Waals surface area contributed by atoms with E-state index < -0.39 is 0 Å². The predicted octanol–water partition coefficient (Wildman–Crippen LogP) is 3.37. The van der Waals surface area contributed by atoms with Crippen LogP contribution >= 0.6 is 0 Å². The van der Waals surface area contributed by atoms with E-state index >= 15 is 0 Å². The number of rotatable bonds is 8. The molecule has 8 heteroatoms. The van der Waals surface area contributed by atoms with E-state index in [9.17, 15) is 9.18 Å². The summed E-state index contributed by atoms with van der Waals surface area (Å²) in [4.78, 5) is 16.4. The van der Waals surface area contributed by atoms with E-state index in [0.717, 1.165) is 11.1 Å².